The molecule has 4 aliphatic rings. The first-order chi connectivity index (χ1) is 58.0. The number of hydrogen-bond donors (Lipinski definition) is 16. The van der Waals surface area contributed by atoms with Crippen molar-refractivity contribution in [3.05, 3.63) is 163 Å². The van der Waals surface area contributed by atoms with Gasteiger partial charge in [-0.25, -0.2) is 71.1 Å². The number of furan rings is 4. The van der Waals surface area contributed by atoms with Crippen LogP contribution in [0.5, 0.6) is 23.0 Å². The molecule has 0 saturated carbocycles. The van der Waals surface area contributed by atoms with Crippen molar-refractivity contribution in [1.82, 2.24) is 21.3 Å². The van der Waals surface area contributed by atoms with Gasteiger partial charge in [0.1, 0.15) is 54.1 Å². The molecular weight excluding hydrogens is 1880 g/mol. The summed E-state index contributed by atoms with van der Waals surface area (Å²) in [6.45, 7) is 29.7. The first-order valence-electron chi connectivity index (χ1n) is 37.0. The molecule has 125 heavy (non-hydrogen) atoms. The molecular formula is C73H90Cl4N20O20S8. The molecule has 20 N–H and O–H groups in total. The van der Waals surface area contributed by atoms with Crippen molar-refractivity contribution in [2.75, 3.05) is 21.3 Å². The highest BCUT2D eigenvalue weighted by Crippen LogP contribution is 2.43. The largest absolute Gasteiger partial charge is 0.504 e. The number of anilines is 4. The molecule has 12 rings (SSSR count). The fraction of sp³-hybridized carbons (Fsp3) is 0.342. The Hall–Kier alpha value is -9.64. The molecule has 4 aromatic carbocycles. The number of aromatic hydroxyl groups is 4. The van der Waals surface area contributed by atoms with Crippen LogP contribution in [-0.4, -0.2) is 118 Å². The molecule has 4 unspecified atom stereocenters. The Bertz CT molecular complexity index is 6340. The van der Waals surface area contributed by atoms with E-state index in [-0.39, 0.29) is 137 Å². The third-order valence-corrected chi connectivity index (χ3v) is 26.7. The van der Waals surface area contributed by atoms with Crippen molar-refractivity contribution in [2.24, 2.45) is 73.0 Å². The molecule has 40 nitrogen and oxygen atoms in total. The van der Waals surface area contributed by atoms with Crippen LogP contribution in [0.3, 0.4) is 0 Å². The van der Waals surface area contributed by atoms with Crippen molar-refractivity contribution in [3.8, 4) is 23.0 Å². The van der Waals surface area contributed by atoms with Crippen molar-refractivity contribution in [3.63, 3.8) is 0 Å². The number of sulfonamides is 4. The summed E-state index contributed by atoms with van der Waals surface area (Å²) in [6.07, 6.45) is 4.01. The van der Waals surface area contributed by atoms with Crippen molar-refractivity contribution in [2.45, 2.75) is 166 Å². The number of benzene rings is 4. The van der Waals surface area contributed by atoms with E-state index in [1.54, 1.807) is 12.5 Å². The van der Waals surface area contributed by atoms with Gasteiger partial charge in [-0.3, -0.25) is 0 Å². The summed E-state index contributed by atoms with van der Waals surface area (Å²) >= 11 is 15.9. The number of nitrogens with zero attached hydrogens (tertiary/aromatic N) is 8. The Morgan fingerprint density at radius 1 is 0.408 bits per heavy atom. The lowest BCUT2D eigenvalue weighted by atomic mass is 9.85. The molecule has 0 bridgehead atoms. The number of phenolic OH excluding ortho intramolecular Hbond substituents is 4. The Morgan fingerprint density at radius 2 is 0.712 bits per heavy atom. The zero-order valence-corrected chi connectivity index (χ0v) is 78.5. The van der Waals surface area contributed by atoms with E-state index in [9.17, 15) is 70.9 Å². The lowest BCUT2D eigenvalue weighted by Crippen LogP contribution is -2.41. The van der Waals surface area contributed by atoms with Gasteiger partial charge in [0, 0.05) is 0 Å². The SMILES string of the molecule is CC(C)c1coc([C@H](NC2=NS(=O)N=C2Nc2ccc(Cl)c(S(N)(=O)=O)c2O)C(C)C)c1.CC[C@@H](NC1=NS(=O)N=C1Nc1ccc(Cl)c(S(N)(=O)=O)c1O)c1cc(C(C)C)co1.Cc1cc([C@H](NC2=NS(=O)N=C2Nc2ccc(Cl)c(S(N)(=O)=O)c2O)C(C)C)oc1C.Cc1ccc([C@H](NC2=NS(=O)N=C2Nc2ccc(Cl)c(S(N)(=O)=O)c2O)C(C)(C)C)o1. The predicted molar refractivity (Wildman–Crippen MR) is 485 cm³/mol. The molecule has 0 spiro atoms. The molecule has 0 aliphatic carbocycles. The minimum absolute atomic E-state index is 0.0360. The zero-order chi connectivity index (χ0) is 92.9. The zero-order valence-electron chi connectivity index (χ0n) is 69.0. The van der Waals surface area contributed by atoms with E-state index in [2.05, 4.69) is 105 Å². The number of rotatable bonds is 21. The van der Waals surface area contributed by atoms with Crippen LogP contribution in [0.15, 0.2) is 164 Å². The molecule has 8 aromatic rings. The molecule has 8 heterocycles. The molecule has 8 atom stereocenters. The molecule has 0 saturated heterocycles. The number of phenols is 4. The van der Waals surface area contributed by atoms with Gasteiger partial charge < -0.3 is 80.6 Å². The lowest BCUT2D eigenvalue weighted by Gasteiger charge is -2.30. The first kappa shape index (κ1) is 99.1. The van der Waals surface area contributed by atoms with Gasteiger partial charge in [0.2, 0.25) is 40.1 Å². The predicted octanol–water partition coefficient (Wildman–Crippen LogP) is 11.6. The smallest absolute Gasteiger partial charge is 0.269 e. The molecule has 0 radical (unpaired) electrons. The standard InChI is InChI=1S/C19H24ClN5O5S2.3C18H22ClN5O5S2/c1-9(2)11-7-14(30-8-11)15(10(3)4)23-19-18(24-31(27)25-19)22-13-6-5-12(20)17(16(13)26)32(21,28)29;1-9-5-8-12(29-9)15(18(2,3)4)22-17-16(23-30(26)24-17)21-11-7-6-10(19)14(13(11)25)31(20,27)28;1-8(2)14(13-7-9(3)10(4)29-13)22-18-17(23-30(26)24-18)21-12-6-5-11(19)16(15(12)25)31(20,27)28;1-4-12(14-7-10(8-29-14)9(2)3)21-17-18(24-30(26)23-17)22-13-6-5-11(19)16(15(13)25)31(20,27)28/h5-10,15,26H,1-4H3,(H,22,24)(H,23,25)(H2,21,28,29);5-8,15,25H,1-4H3,(H,21,23)(H,22,24)(H2,20,27,28);5-8,14,25H,1-4H3,(H,21,23)(H,22,24)(H2,20,27,28);5-9,12,25H,4H2,1-3H3,(H,21,23)(H,22,24)(H2,20,27,28)/t15-,31?;15-,30?;14-,30?;12-,30?/m1011/s1. The van der Waals surface area contributed by atoms with E-state index in [1.165, 1.54) is 48.5 Å². The highest BCUT2D eigenvalue weighted by molar-refractivity contribution is 7.90. The summed E-state index contributed by atoms with van der Waals surface area (Å²) < 4.78 is 197. The van der Waals surface area contributed by atoms with Crippen LogP contribution in [0.25, 0.3) is 0 Å². The minimum atomic E-state index is -4.30. The fourth-order valence-corrected chi connectivity index (χ4v) is 19.1. The maximum absolute atomic E-state index is 12.0. The second-order valence-corrected chi connectivity index (χ2v) is 41.1. The van der Waals surface area contributed by atoms with Crippen molar-refractivity contribution in [1.29, 1.82) is 0 Å². The summed E-state index contributed by atoms with van der Waals surface area (Å²) in [5.41, 5.74) is 2.55. The number of halogens is 4. The van der Waals surface area contributed by atoms with Crippen LogP contribution in [0.2, 0.25) is 20.1 Å². The molecule has 0 fully saturated rings. The number of nitrogens with two attached hydrogens (primary N) is 4. The molecule has 678 valence electrons. The van der Waals surface area contributed by atoms with Crippen molar-refractivity contribution < 1.29 is 88.6 Å². The summed E-state index contributed by atoms with van der Waals surface area (Å²) in [6, 6.07) is 18.6. The maximum atomic E-state index is 12.0. The second-order valence-electron chi connectivity index (χ2n) is 30.2. The summed E-state index contributed by atoms with van der Waals surface area (Å²) in [5, 5.41) is 84.8. The number of amidine groups is 8. The quantitative estimate of drug-likeness (QED) is 0.0297. The van der Waals surface area contributed by atoms with Crippen LogP contribution in [0.4, 0.5) is 22.7 Å². The van der Waals surface area contributed by atoms with E-state index in [4.69, 9.17) is 84.6 Å². The van der Waals surface area contributed by atoms with Gasteiger partial charge in [-0.15, -0.1) is 35.2 Å². The Labute approximate surface area is 750 Å². The van der Waals surface area contributed by atoms with E-state index in [0.717, 1.165) is 28.2 Å². The number of aryl methyl sites for hydroxylation is 3. The van der Waals surface area contributed by atoms with Gasteiger partial charge in [0.25, 0.3) is 44.7 Å². The van der Waals surface area contributed by atoms with Crippen molar-refractivity contribution >= 4 is 201 Å². The number of nitrogens with one attached hydrogen (secondary N) is 8. The Kier molecular flexibility index (Phi) is 31.8. The number of hydrogen-bond acceptors (Lipinski definition) is 28. The lowest BCUT2D eigenvalue weighted by molar-refractivity contribution is 0.261. The van der Waals surface area contributed by atoms with Crippen LogP contribution in [0, 0.1) is 38.0 Å². The Balaban J connectivity index is 0.000000189. The minimum Gasteiger partial charge on any atom is -0.504 e. The average Bonchev–Trinajstić information content (AvgIpc) is 0.991. The first-order valence-corrected chi connectivity index (χ1v) is 49.0. The van der Waals surface area contributed by atoms with E-state index in [0.29, 0.717) is 35.4 Å². The average molecular weight is 1970 g/mol. The fourth-order valence-electron chi connectivity index (χ4n) is 11.8. The Morgan fingerprint density at radius 3 is 0.984 bits per heavy atom. The van der Waals surface area contributed by atoms with Crippen LogP contribution < -0.4 is 63.1 Å². The molecule has 52 heteroatoms. The summed E-state index contributed by atoms with van der Waals surface area (Å²) in [5.74, 6) is 2.98. The van der Waals surface area contributed by atoms with E-state index in [1.807, 2.05) is 106 Å². The highest BCUT2D eigenvalue weighted by atomic mass is 35.5. The maximum Gasteiger partial charge on any atom is 0.269 e. The van der Waals surface area contributed by atoms with Gasteiger partial charge in [0.15, 0.2) is 69.7 Å². The van der Waals surface area contributed by atoms with Gasteiger partial charge >= 0.3 is 0 Å². The van der Waals surface area contributed by atoms with Crippen LogP contribution in [0.1, 0.15) is 177 Å². The topological polar surface area (TPSA) is 638 Å². The molecule has 0 amide bonds. The van der Waals surface area contributed by atoms with Crippen LogP contribution >= 0.6 is 46.4 Å². The second kappa shape index (κ2) is 40.1. The van der Waals surface area contributed by atoms with Gasteiger partial charge in [0.05, 0.1) is 79.5 Å². The molecule has 4 aliphatic heterocycles. The van der Waals surface area contributed by atoms with Crippen LogP contribution in [-0.2, 0) is 84.8 Å². The summed E-state index contributed by atoms with van der Waals surface area (Å²) in [4.78, 5) is -2.53. The van der Waals surface area contributed by atoms with Gasteiger partial charge in [-0.05, 0) is 152 Å². The third kappa shape index (κ3) is 24.8. The third-order valence-electron chi connectivity index (χ3n) is 18.3. The summed E-state index contributed by atoms with van der Waals surface area (Å²) in [7, 11) is -17.2. The normalized spacial score (nSPS) is 17.5. The highest BCUT2D eigenvalue weighted by Gasteiger charge is 2.37. The van der Waals surface area contributed by atoms with Gasteiger partial charge in [-0.2, -0.15) is 0 Å². The monoisotopic (exact) mass is 1960 g/mol. The number of primary sulfonamides is 4. The van der Waals surface area contributed by atoms with E-state index < -0.39 is 127 Å². The van der Waals surface area contributed by atoms with E-state index >= 15 is 0 Å². The van der Waals surface area contributed by atoms with Gasteiger partial charge in [-0.1, -0.05) is 129 Å². The molecule has 4 aromatic heterocycles.